The van der Waals surface area contributed by atoms with E-state index < -0.39 is 0 Å². The molecule has 0 aliphatic rings. The van der Waals surface area contributed by atoms with Gasteiger partial charge in [0.1, 0.15) is 11.5 Å². The number of benzene rings is 2. The Kier molecular flexibility index (Phi) is 6.67. The molecule has 0 saturated heterocycles. The van der Waals surface area contributed by atoms with Crippen molar-refractivity contribution in [2.24, 2.45) is 0 Å². The predicted octanol–water partition coefficient (Wildman–Crippen LogP) is 5.18. The van der Waals surface area contributed by atoms with E-state index in [9.17, 15) is 4.79 Å². The van der Waals surface area contributed by atoms with Crippen molar-refractivity contribution >= 4 is 11.6 Å². The first kappa shape index (κ1) is 19.8. The molecule has 0 unspecified atom stereocenters. The summed E-state index contributed by atoms with van der Waals surface area (Å²) >= 11 is 0. The fourth-order valence-electron chi connectivity index (χ4n) is 2.47. The third-order valence-electron chi connectivity index (χ3n) is 4.41. The van der Waals surface area contributed by atoms with Gasteiger partial charge in [0.05, 0.1) is 11.8 Å². The number of carbonyl (C=O) groups excluding carboxylic acids is 1. The van der Waals surface area contributed by atoms with Crippen molar-refractivity contribution in [3.63, 3.8) is 0 Å². The molecule has 4 nitrogen and oxygen atoms in total. The minimum atomic E-state index is -0.220. The van der Waals surface area contributed by atoms with Gasteiger partial charge in [-0.05, 0) is 55.5 Å². The standard InChI is InChI=1S/C22H29NO3/c1-6-22(4,5)17-11-13-18(14-12-17)25-15-21(24)23-19-9-7-8-10-20(19)26-16(2)3/h7-14,16H,6,15H2,1-5H3,(H,23,24). The van der Waals surface area contributed by atoms with Crippen molar-refractivity contribution in [3.05, 3.63) is 54.1 Å². The van der Waals surface area contributed by atoms with Gasteiger partial charge in [0.15, 0.2) is 6.61 Å². The highest BCUT2D eigenvalue weighted by Crippen LogP contribution is 2.28. The molecule has 0 spiro atoms. The van der Waals surface area contributed by atoms with Crippen LogP contribution in [0, 0.1) is 0 Å². The molecule has 0 fully saturated rings. The minimum absolute atomic E-state index is 0.0372. The number of amides is 1. The third-order valence-corrected chi connectivity index (χ3v) is 4.41. The first-order chi connectivity index (χ1) is 12.3. The Balaban J connectivity index is 1.93. The molecule has 2 aromatic carbocycles. The van der Waals surface area contributed by atoms with Crippen LogP contribution < -0.4 is 14.8 Å². The fraction of sp³-hybridized carbons (Fsp3) is 0.409. The van der Waals surface area contributed by atoms with E-state index >= 15 is 0 Å². The second-order valence-corrected chi connectivity index (χ2v) is 7.26. The van der Waals surface area contributed by atoms with Crippen LogP contribution in [0.1, 0.15) is 46.6 Å². The Morgan fingerprint density at radius 1 is 1.08 bits per heavy atom. The highest BCUT2D eigenvalue weighted by Gasteiger charge is 2.17. The lowest BCUT2D eigenvalue weighted by molar-refractivity contribution is -0.118. The van der Waals surface area contributed by atoms with E-state index in [-0.39, 0.29) is 24.0 Å². The molecule has 0 saturated carbocycles. The lowest BCUT2D eigenvalue weighted by atomic mass is 9.82. The van der Waals surface area contributed by atoms with Gasteiger partial charge in [0.25, 0.3) is 5.91 Å². The molecular weight excluding hydrogens is 326 g/mol. The molecular formula is C22H29NO3. The lowest BCUT2D eigenvalue weighted by Crippen LogP contribution is -2.21. The molecule has 2 aromatic rings. The van der Waals surface area contributed by atoms with E-state index in [1.54, 1.807) is 0 Å². The Morgan fingerprint density at radius 2 is 1.73 bits per heavy atom. The minimum Gasteiger partial charge on any atom is -0.489 e. The molecule has 26 heavy (non-hydrogen) atoms. The summed E-state index contributed by atoms with van der Waals surface area (Å²) in [4.78, 5) is 12.2. The summed E-state index contributed by atoms with van der Waals surface area (Å²) in [6.07, 6.45) is 1.10. The van der Waals surface area contributed by atoms with Crippen LogP contribution in [-0.4, -0.2) is 18.6 Å². The molecule has 0 aliphatic heterocycles. The Hall–Kier alpha value is -2.49. The second-order valence-electron chi connectivity index (χ2n) is 7.26. The Morgan fingerprint density at radius 3 is 2.35 bits per heavy atom. The number of rotatable bonds is 8. The predicted molar refractivity (Wildman–Crippen MR) is 106 cm³/mol. The van der Waals surface area contributed by atoms with Crippen molar-refractivity contribution in [1.82, 2.24) is 0 Å². The molecule has 0 heterocycles. The van der Waals surface area contributed by atoms with E-state index in [0.717, 1.165) is 6.42 Å². The van der Waals surface area contributed by atoms with Crippen LogP contribution in [0.3, 0.4) is 0 Å². The number of hydrogen-bond donors (Lipinski definition) is 1. The molecule has 0 aromatic heterocycles. The molecule has 0 radical (unpaired) electrons. The van der Waals surface area contributed by atoms with Crippen molar-refractivity contribution < 1.29 is 14.3 Å². The monoisotopic (exact) mass is 355 g/mol. The second kappa shape index (κ2) is 8.75. The maximum absolute atomic E-state index is 12.2. The molecule has 1 amide bonds. The van der Waals surface area contributed by atoms with Gasteiger partial charge in [-0.2, -0.15) is 0 Å². The summed E-state index contributed by atoms with van der Waals surface area (Å²) in [6, 6.07) is 15.3. The van der Waals surface area contributed by atoms with E-state index in [4.69, 9.17) is 9.47 Å². The van der Waals surface area contributed by atoms with Crippen LogP contribution >= 0.6 is 0 Å². The topological polar surface area (TPSA) is 47.6 Å². The van der Waals surface area contributed by atoms with Crippen molar-refractivity contribution in [3.8, 4) is 11.5 Å². The van der Waals surface area contributed by atoms with E-state index in [1.807, 2.05) is 50.2 Å². The summed E-state index contributed by atoms with van der Waals surface area (Å²) in [5, 5.41) is 2.84. The van der Waals surface area contributed by atoms with Gasteiger partial charge in [0.2, 0.25) is 0 Å². The van der Waals surface area contributed by atoms with Crippen LogP contribution in [0.5, 0.6) is 11.5 Å². The summed E-state index contributed by atoms with van der Waals surface area (Å²) < 4.78 is 11.3. The van der Waals surface area contributed by atoms with E-state index in [0.29, 0.717) is 17.2 Å². The molecule has 0 atom stereocenters. The molecule has 4 heteroatoms. The van der Waals surface area contributed by atoms with Gasteiger partial charge < -0.3 is 14.8 Å². The fourth-order valence-corrected chi connectivity index (χ4v) is 2.47. The maximum atomic E-state index is 12.2. The number of hydrogen-bond acceptors (Lipinski definition) is 3. The van der Waals surface area contributed by atoms with Crippen LogP contribution in [0.4, 0.5) is 5.69 Å². The lowest BCUT2D eigenvalue weighted by Gasteiger charge is -2.23. The molecule has 140 valence electrons. The number of ether oxygens (including phenoxy) is 2. The number of carbonyl (C=O) groups is 1. The van der Waals surface area contributed by atoms with Gasteiger partial charge in [-0.3, -0.25) is 4.79 Å². The Bertz CT molecular complexity index is 720. The zero-order chi connectivity index (χ0) is 19.2. The Labute approximate surface area is 156 Å². The summed E-state index contributed by atoms with van der Waals surface area (Å²) in [6.45, 7) is 10.5. The van der Waals surface area contributed by atoms with Crippen LogP contribution in [0.25, 0.3) is 0 Å². The van der Waals surface area contributed by atoms with Crippen molar-refractivity contribution in [2.45, 2.75) is 52.6 Å². The molecule has 0 aliphatic carbocycles. The van der Waals surface area contributed by atoms with Crippen LogP contribution in [-0.2, 0) is 10.2 Å². The highest BCUT2D eigenvalue weighted by atomic mass is 16.5. The highest BCUT2D eigenvalue weighted by molar-refractivity contribution is 5.93. The first-order valence-corrected chi connectivity index (χ1v) is 9.10. The zero-order valence-electron chi connectivity index (χ0n) is 16.3. The van der Waals surface area contributed by atoms with E-state index in [1.165, 1.54) is 5.56 Å². The van der Waals surface area contributed by atoms with Crippen molar-refractivity contribution in [2.75, 3.05) is 11.9 Å². The van der Waals surface area contributed by atoms with Crippen molar-refractivity contribution in [1.29, 1.82) is 0 Å². The largest absolute Gasteiger partial charge is 0.489 e. The van der Waals surface area contributed by atoms with Gasteiger partial charge in [0, 0.05) is 0 Å². The van der Waals surface area contributed by atoms with Gasteiger partial charge in [-0.15, -0.1) is 0 Å². The third kappa shape index (κ3) is 5.51. The van der Waals surface area contributed by atoms with Gasteiger partial charge >= 0.3 is 0 Å². The smallest absolute Gasteiger partial charge is 0.262 e. The first-order valence-electron chi connectivity index (χ1n) is 9.10. The zero-order valence-corrected chi connectivity index (χ0v) is 16.3. The molecule has 2 rings (SSSR count). The van der Waals surface area contributed by atoms with Crippen LogP contribution in [0.2, 0.25) is 0 Å². The van der Waals surface area contributed by atoms with E-state index in [2.05, 4.69) is 38.2 Å². The molecule has 0 bridgehead atoms. The van der Waals surface area contributed by atoms with Gasteiger partial charge in [-0.1, -0.05) is 45.0 Å². The maximum Gasteiger partial charge on any atom is 0.262 e. The summed E-state index contributed by atoms with van der Waals surface area (Å²) in [7, 11) is 0. The normalized spacial score (nSPS) is 11.3. The van der Waals surface area contributed by atoms with Gasteiger partial charge in [-0.25, -0.2) is 0 Å². The number of nitrogens with one attached hydrogen (secondary N) is 1. The number of para-hydroxylation sites is 2. The average Bonchev–Trinajstić information content (AvgIpc) is 2.61. The summed E-state index contributed by atoms with van der Waals surface area (Å²) in [5.41, 5.74) is 2.04. The number of anilines is 1. The van der Waals surface area contributed by atoms with Crippen LogP contribution in [0.15, 0.2) is 48.5 Å². The SMILES string of the molecule is CCC(C)(C)c1ccc(OCC(=O)Nc2ccccc2OC(C)C)cc1. The average molecular weight is 355 g/mol. The quantitative estimate of drug-likeness (QED) is 0.710. The summed E-state index contributed by atoms with van der Waals surface area (Å²) in [5.74, 6) is 1.12. The molecule has 1 N–H and O–H groups in total.